The summed E-state index contributed by atoms with van der Waals surface area (Å²) in [4.78, 5) is 14.1. The molecule has 0 aromatic heterocycles. The van der Waals surface area contributed by atoms with E-state index in [0.29, 0.717) is 12.5 Å². The van der Waals surface area contributed by atoms with Crippen molar-refractivity contribution in [1.29, 1.82) is 0 Å². The lowest BCUT2D eigenvalue weighted by atomic mass is 9.97. The van der Waals surface area contributed by atoms with Crippen LogP contribution >= 0.6 is 0 Å². The van der Waals surface area contributed by atoms with Crippen molar-refractivity contribution in [2.75, 3.05) is 6.54 Å². The number of halogens is 1. The zero-order valence-electron chi connectivity index (χ0n) is 11.8. The number of rotatable bonds is 3. The second-order valence-electron chi connectivity index (χ2n) is 5.92. The molecule has 108 valence electrons. The van der Waals surface area contributed by atoms with Crippen molar-refractivity contribution >= 4 is 5.91 Å². The number of hydrogen-bond donors (Lipinski definition) is 1. The number of benzene rings is 1. The Morgan fingerprint density at radius 3 is 2.80 bits per heavy atom. The molecule has 0 spiro atoms. The predicted molar refractivity (Wildman–Crippen MR) is 75.4 cm³/mol. The molecule has 0 radical (unpaired) electrons. The highest BCUT2D eigenvalue weighted by molar-refractivity contribution is 5.81. The van der Waals surface area contributed by atoms with Gasteiger partial charge in [0.1, 0.15) is 12.0 Å². The first kappa shape index (κ1) is 13.6. The predicted octanol–water partition coefficient (Wildman–Crippen LogP) is 2.83. The highest BCUT2D eigenvalue weighted by atomic mass is 19.1. The van der Waals surface area contributed by atoms with Crippen LogP contribution in [0.5, 0.6) is 0 Å². The zero-order chi connectivity index (χ0) is 14.1. The number of amides is 1. The Morgan fingerprint density at radius 2 is 2.10 bits per heavy atom. The molecular weight excluding hydrogens is 255 g/mol. The molecule has 1 saturated heterocycles. The molecular formula is C16H21FN2O. The zero-order valence-corrected chi connectivity index (χ0v) is 11.8. The monoisotopic (exact) mass is 276 g/mol. The van der Waals surface area contributed by atoms with Gasteiger partial charge >= 0.3 is 0 Å². The van der Waals surface area contributed by atoms with Gasteiger partial charge < -0.3 is 4.90 Å². The summed E-state index contributed by atoms with van der Waals surface area (Å²) in [6, 6.07) is 6.75. The maximum atomic E-state index is 13.4. The van der Waals surface area contributed by atoms with E-state index in [4.69, 9.17) is 0 Å². The van der Waals surface area contributed by atoms with Gasteiger partial charge in [0.25, 0.3) is 0 Å². The molecule has 1 heterocycles. The minimum Gasteiger partial charge on any atom is -0.319 e. The van der Waals surface area contributed by atoms with Crippen molar-refractivity contribution < 1.29 is 9.18 Å². The van der Waals surface area contributed by atoms with Gasteiger partial charge in [-0.25, -0.2) is 4.39 Å². The summed E-state index contributed by atoms with van der Waals surface area (Å²) in [5.74, 6) is 0.450. The Hall–Kier alpha value is -1.42. The fourth-order valence-electron chi connectivity index (χ4n) is 3.60. The molecule has 20 heavy (non-hydrogen) atoms. The van der Waals surface area contributed by atoms with Gasteiger partial charge in [0.05, 0.1) is 6.54 Å². The molecule has 3 rings (SSSR count). The van der Waals surface area contributed by atoms with Crippen LogP contribution in [0.4, 0.5) is 4.39 Å². The molecule has 1 aliphatic heterocycles. The van der Waals surface area contributed by atoms with E-state index < -0.39 is 0 Å². The van der Waals surface area contributed by atoms with Crippen molar-refractivity contribution in [3.05, 3.63) is 35.6 Å². The second kappa shape index (κ2) is 5.52. The van der Waals surface area contributed by atoms with Crippen molar-refractivity contribution in [3.8, 4) is 0 Å². The lowest BCUT2D eigenvalue weighted by molar-refractivity contribution is -0.131. The molecule has 0 bridgehead atoms. The van der Waals surface area contributed by atoms with Crippen LogP contribution in [0.3, 0.4) is 0 Å². The van der Waals surface area contributed by atoms with Crippen molar-refractivity contribution in [1.82, 2.24) is 10.2 Å². The maximum Gasteiger partial charge on any atom is 0.238 e. The SMILES string of the molecule is CC(C1CCCC1)N1C(=O)CNC1c1cccc(F)c1. The Balaban J connectivity index is 1.84. The number of nitrogens with one attached hydrogen (secondary N) is 1. The molecule has 2 unspecified atom stereocenters. The summed E-state index contributed by atoms with van der Waals surface area (Å²) in [5, 5.41) is 3.21. The molecule has 2 aliphatic rings. The highest BCUT2D eigenvalue weighted by Gasteiger charge is 2.38. The average molecular weight is 276 g/mol. The first-order chi connectivity index (χ1) is 9.66. The Kier molecular flexibility index (Phi) is 3.74. The topological polar surface area (TPSA) is 32.3 Å². The Labute approximate surface area is 119 Å². The summed E-state index contributed by atoms with van der Waals surface area (Å²) in [6.07, 6.45) is 4.72. The van der Waals surface area contributed by atoms with E-state index in [1.165, 1.54) is 37.8 Å². The smallest absolute Gasteiger partial charge is 0.238 e. The third-order valence-electron chi connectivity index (χ3n) is 4.70. The molecule has 2 fully saturated rings. The lowest BCUT2D eigenvalue weighted by Crippen LogP contribution is -2.41. The summed E-state index contributed by atoms with van der Waals surface area (Å²) in [7, 11) is 0. The van der Waals surface area contributed by atoms with E-state index in [2.05, 4.69) is 12.2 Å². The fourth-order valence-corrected chi connectivity index (χ4v) is 3.60. The summed E-state index contributed by atoms with van der Waals surface area (Å²) < 4.78 is 13.4. The molecule has 1 N–H and O–H groups in total. The molecule has 2 atom stereocenters. The van der Waals surface area contributed by atoms with Gasteiger partial charge in [0, 0.05) is 6.04 Å². The molecule has 1 saturated carbocycles. The third-order valence-corrected chi connectivity index (χ3v) is 4.70. The summed E-state index contributed by atoms with van der Waals surface area (Å²) in [5.41, 5.74) is 0.834. The van der Waals surface area contributed by atoms with Gasteiger partial charge in [-0.15, -0.1) is 0 Å². The number of carbonyl (C=O) groups is 1. The number of carbonyl (C=O) groups excluding carboxylic acids is 1. The minimum atomic E-state index is -0.253. The van der Waals surface area contributed by atoms with Gasteiger partial charge in [-0.3, -0.25) is 10.1 Å². The van der Waals surface area contributed by atoms with Crippen LogP contribution in [0.25, 0.3) is 0 Å². The van der Waals surface area contributed by atoms with Gasteiger partial charge in [-0.1, -0.05) is 25.0 Å². The number of nitrogens with zero attached hydrogens (tertiary/aromatic N) is 1. The normalized spacial score (nSPS) is 25.4. The van der Waals surface area contributed by atoms with E-state index in [-0.39, 0.29) is 23.9 Å². The Bertz CT molecular complexity index is 499. The average Bonchev–Trinajstić information content (AvgIpc) is 3.07. The molecule has 3 nitrogen and oxygen atoms in total. The quantitative estimate of drug-likeness (QED) is 0.920. The molecule has 1 aromatic carbocycles. The minimum absolute atomic E-state index is 0.124. The second-order valence-corrected chi connectivity index (χ2v) is 5.92. The van der Waals surface area contributed by atoms with E-state index in [9.17, 15) is 9.18 Å². The van der Waals surface area contributed by atoms with Crippen LogP contribution in [0.15, 0.2) is 24.3 Å². The first-order valence-corrected chi connectivity index (χ1v) is 7.47. The van der Waals surface area contributed by atoms with Crippen LogP contribution in [0.1, 0.15) is 44.3 Å². The molecule has 1 aliphatic carbocycles. The van der Waals surface area contributed by atoms with Gasteiger partial charge in [0.2, 0.25) is 5.91 Å². The van der Waals surface area contributed by atoms with Crippen LogP contribution in [0.2, 0.25) is 0 Å². The van der Waals surface area contributed by atoms with E-state index >= 15 is 0 Å². The fraction of sp³-hybridized carbons (Fsp3) is 0.562. The van der Waals surface area contributed by atoms with Crippen LogP contribution in [0, 0.1) is 11.7 Å². The van der Waals surface area contributed by atoms with E-state index in [0.717, 1.165) is 5.56 Å². The van der Waals surface area contributed by atoms with Crippen molar-refractivity contribution in [3.63, 3.8) is 0 Å². The number of hydrogen-bond acceptors (Lipinski definition) is 2. The van der Waals surface area contributed by atoms with Gasteiger partial charge in [0.15, 0.2) is 0 Å². The van der Waals surface area contributed by atoms with Gasteiger partial charge in [-0.2, -0.15) is 0 Å². The van der Waals surface area contributed by atoms with Crippen molar-refractivity contribution in [2.24, 2.45) is 5.92 Å². The summed E-state index contributed by atoms with van der Waals surface area (Å²) >= 11 is 0. The van der Waals surface area contributed by atoms with Crippen LogP contribution < -0.4 is 5.32 Å². The van der Waals surface area contributed by atoms with Crippen molar-refractivity contribution in [2.45, 2.75) is 44.8 Å². The van der Waals surface area contributed by atoms with E-state index in [1.54, 1.807) is 6.07 Å². The Morgan fingerprint density at radius 1 is 1.35 bits per heavy atom. The standard InChI is InChI=1S/C16H21FN2O/c1-11(12-5-2-3-6-12)19-15(20)10-18-16(19)13-7-4-8-14(17)9-13/h4,7-9,11-12,16,18H,2-3,5-6,10H2,1H3. The maximum absolute atomic E-state index is 13.4. The first-order valence-electron chi connectivity index (χ1n) is 7.47. The van der Waals surface area contributed by atoms with Crippen LogP contribution in [-0.4, -0.2) is 23.4 Å². The third kappa shape index (κ3) is 2.44. The molecule has 4 heteroatoms. The van der Waals surface area contributed by atoms with Gasteiger partial charge in [-0.05, 0) is 43.4 Å². The highest BCUT2D eigenvalue weighted by Crippen LogP contribution is 2.35. The van der Waals surface area contributed by atoms with E-state index in [1.807, 2.05) is 11.0 Å². The lowest BCUT2D eigenvalue weighted by Gasteiger charge is -2.34. The molecule has 1 amide bonds. The van der Waals surface area contributed by atoms with Crippen LogP contribution in [-0.2, 0) is 4.79 Å². The largest absolute Gasteiger partial charge is 0.319 e. The molecule has 1 aromatic rings. The summed E-state index contributed by atoms with van der Waals surface area (Å²) in [6.45, 7) is 2.48.